The third-order valence-electron chi connectivity index (χ3n) is 9.99. The van der Waals surface area contributed by atoms with E-state index in [0.29, 0.717) is 33.7 Å². The molecular weight excluding hydrogens is 1040 g/mol. The van der Waals surface area contributed by atoms with Crippen molar-refractivity contribution in [2.24, 2.45) is 21.0 Å². The van der Waals surface area contributed by atoms with E-state index in [-0.39, 0.29) is 49.6 Å². The largest absolute Gasteiger partial charge is 0.399 e. The molecule has 1 heterocycles. The zero-order chi connectivity index (χ0) is 52.9. The van der Waals surface area contributed by atoms with Gasteiger partial charge >= 0.3 is 0 Å². The van der Waals surface area contributed by atoms with Gasteiger partial charge in [0, 0.05) is 51.1 Å². The van der Waals surface area contributed by atoms with Crippen LogP contribution >= 0.6 is 11.8 Å². The molecule has 0 bridgehead atoms. The zero-order valence-corrected chi connectivity index (χ0v) is 40.7. The molecule has 0 aliphatic rings. The number of rotatable bonds is 15. The van der Waals surface area contributed by atoms with Crippen molar-refractivity contribution in [1.29, 1.82) is 5.26 Å². The molecule has 7 aromatic rings. The lowest BCUT2D eigenvalue weighted by molar-refractivity contribution is -0.384. The number of nitro benzene ring substituents is 1. The third kappa shape index (κ3) is 12.7. The fourth-order valence-corrected chi connectivity index (χ4v) is 9.66. The summed E-state index contributed by atoms with van der Waals surface area (Å²) < 4.78 is 128. The van der Waals surface area contributed by atoms with Crippen LogP contribution in [0.4, 0.5) is 40.1 Å². The molecule has 1 aromatic heterocycles. The number of nitrogens with one attached hydrogen (secondary N) is 2. The summed E-state index contributed by atoms with van der Waals surface area (Å²) in [5.41, 5.74) is 13.5. The van der Waals surface area contributed by atoms with E-state index in [1.54, 1.807) is 6.92 Å². The number of hydrogen-bond acceptors (Lipinski definition) is 20. The Bertz CT molecular complexity index is 3910. The number of aliphatic imine (C=N–C) groups is 1. The maximum Gasteiger partial charge on any atom is 0.295 e. The minimum Gasteiger partial charge on any atom is -0.399 e. The number of nitro groups is 1. The first-order valence-electron chi connectivity index (χ1n) is 19.8. The second-order valence-corrected chi connectivity index (χ2v) is 21.3. The van der Waals surface area contributed by atoms with Crippen molar-refractivity contribution in [2.75, 3.05) is 22.2 Å². The van der Waals surface area contributed by atoms with E-state index in [4.69, 9.17) is 16.0 Å². The Labute approximate surface area is 414 Å². The number of nitrogens with zero attached hydrogens (tertiary/aromatic N) is 6. The molecule has 0 radical (unpaired) electrons. The summed E-state index contributed by atoms with van der Waals surface area (Å²) in [4.78, 5) is 16.2. The van der Waals surface area contributed by atoms with Gasteiger partial charge in [-0.15, -0.1) is 0 Å². The summed E-state index contributed by atoms with van der Waals surface area (Å²) in [6.07, 6.45) is 0. The first-order chi connectivity index (χ1) is 33.7. The van der Waals surface area contributed by atoms with E-state index < -0.39 is 66.3 Å². The van der Waals surface area contributed by atoms with Gasteiger partial charge in [-0.25, -0.2) is 4.98 Å². The molecular formula is C43H36N10O14S5. The number of nitriles is 1. The molecule has 29 heteroatoms. The molecule has 0 aliphatic carbocycles. The Morgan fingerprint density at radius 3 is 1.79 bits per heavy atom. The van der Waals surface area contributed by atoms with Crippen LogP contribution in [0.25, 0.3) is 27.2 Å². The molecule has 372 valence electrons. The minimum absolute atomic E-state index is 0.0579. The quantitative estimate of drug-likeness (QED) is 0.0120. The van der Waals surface area contributed by atoms with Gasteiger partial charge in [0.1, 0.15) is 27.4 Å². The van der Waals surface area contributed by atoms with Crippen LogP contribution in [-0.4, -0.2) is 74.4 Å². The fraction of sp³-hybridized carbons (Fsp3) is 0.0465. The Kier molecular flexibility index (Phi) is 15.7. The summed E-state index contributed by atoms with van der Waals surface area (Å²) >= 11 is 1.17. The molecule has 72 heavy (non-hydrogen) atoms. The van der Waals surface area contributed by atoms with Crippen LogP contribution in [0.1, 0.15) is 16.7 Å². The number of thioether (sulfide) groups is 1. The lowest BCUT2D eigenvalue weighted by Gasteiger charge is -2.16. The summed E-state index contributed by atoms with van der Waals surface area (Å²) in [7, 11) is -18.6. The van der Waals surface area contributed by atoms with Crippen molar-refractivity contribution in [2.45, 2.75) is 26.5 Å². The number of benzene rings is 6. The fourth-order valence-electron chi connectivity index (χ4n) is 6.67. The Hall–Kier alpha value is -7.92. The zero-order valence-electron chi connectivity index (χ0n) is 36.6. The van der Waals surface area contributed by atoms with Crippen LogP contribution in [0.3, 0.4) is 0 Å². The lowest BCUT2D eigenvalue weighted by Crippen LogP contribution is -2.05. The standard InChI is InChI=1S/C33H28N8O6S3.C10H8N2O8S2/c1-20-28(18-34)32(38-24-9-13-26(14-10-24)49(42,43)44)40-33(39-25-11-15-27(16-12-25)50(45,46)47)29(20)41-37-19-48-31(35)30(36-2)23-8-7-21-5-3-4-6-22(21)17-23;11-5-1-7-8(9(2-5)21(15,16)17)3-6(12(13)14)4-10(7)22(18,19)20/h3-17H,2,19,35H2,1H3,(H2,38,39,40)(H,42,43,44)(H,45,46,47);1-4H,11H2,(H,15,16,17)(H,18,19,20)/b31-30-,41-37?;. The smallest absolute Gasteiger partial charge is 0.295 e. The summed E-state index contributed by atoms with van der Waals surface area (Å²) in [5.74, 6) is 0.266. The van der Waals surface area contributed by atoms with Gasteiger partial charge in [0.15, 0.2) is 11.6 Å². The van der Waals surface area contributed by atoms with Crippen LogP contribution in [0.15, 0.2) is 155 Å². The average molecular weight is 1080 g/mol. The number of nitrogen functional groups attached to an aromatic ring is 1. The van der Waals surface area contributed by atoms with E-state index in [9.17, 15) is 62.7 Å². The number of aromatic nitrogens is 1. The van der Waals surface area contributed by atoms with Gasteiger partial charge in [-0.05, 0) is 91.1 Å². The first-order valence-corrected chi connectivity index (χ1v) is 26.5. The molecule has 0 aliphatic heterocycles. The van der Waals surface area contributed by atoms with E-state index in [1.807, 2.05) is 42.5 Å². The molecule has 0 spiro atoms. The molecule has 0 saturated carbocycles. The van der Waals surface area contributed by atoms with E-state index in [1.165, 1.54) is 60.3 Å². The van der Waals surface area contributed by atoms with E-state index in [0.717, 1.165) is 34.5 Å². The minimum atomic E-state index is -4.90. The average Bonchev–Trinajstić information content (AvgIpc) is 3.30. The summed E-state index contributed by atoms with van der Waals surface area (Å²) in [5, 5.41) is 37.2. The summed E-state index contributed by atoms with van der Waals surface area (Å²) in [6.45, 7) is 5.31. The monoisotopic (exact) mass is 1080 g/mol. The van der Waals surface area contributed by atoms with Crippen molar-refractivity contribution in [3.63, 3.8) is 0 Å². The van der Waals surface area contributed by atoms with Gasteiger partial charge in [0.05, 0.1) is 31.0 Å². The molecule has 10 N–H and O–H groups in total. The van der Waals surface area contributed by atoms with Gasteiger partial charge in [-0.2, -0.15) is 49.2 Å². The third-order valence-corrected chi connectivity index (χ3v) is 14.3. The molecule has 0 unspecified atom stereocenters. The number of hydrogen-bond donors (Lipinski definition) is 8. The Balaban J connectivity index is 0.000000321. The van der Waals surface area contributed by atoms with Crippen molar-refractivity contribution >= 4 is 126 Å². The molecule has 6 aromatic carbocycles. The topological polar surface area (TPSA) is 410 Å². The van der Waals surface area contributed by atoms with Crippen LogP contribution in [-0.2, 0) is 40.5 Å². The lowest BCUT2D eigenvalue weighted by atomic mass is 10.1. The van der Waals surface area contributed by atoms with Crippen molar-refractivity contribution in [1.82, 2.24) is 4.98 Å². The van der Waals surface area contributed by atoms with E-state index >= 15 is 0 Å². The highest BCUT2D eigenvalue weighted by Crippen LogP contribution is 2.38. The molecule has 0 atom stereocenters. The first kappa shape index (κ1) is 53.4. The van der Waals surface area contributed by atoms with Gasteiger partial charge in [0.2, 0.25) is 0 Å². The van der Waals surface area contributed by atoms with Crippen molar-refractivity contribution in [3.05, 3.63) is 147 Å². The van der Waals surface area contributed by atoms with Crippen LogP contribution in [0, 0.1) is 28.4 Å². The van der Waals surface area contributed by atoms with Crippen LogP contribution in [0.2, 0.25) is 0 Å². The highest BCUT2D eigenvalue weighted by atomic mass is 32.2. The number of azo groups is 1. The molecule has 24 nitrogen and oxygen atoms in total. The Morgan fingerprint density at radius 2 is 1.28 bits per heavy atom. The van der Waals surface area contributed by atoms with Crippen LogP contribution in [0.5, 0.6) is 0 Å². The Morgan fingerprint density at radius 1 is 0.750 bits per heavy atom. The number of pyridine rings is 1. The SMILES string of the molecule is C=N/C(=C(/N)SCN=Nc1c(Nc2ccc(S(=O)(=O)O)cc2)nc(Nc2ccc(S(=O)(=O)O)cc2)c(C#N)c1C)c1ccc2ccccc2c1.Nc1cc(S(=O)(=O)O)c2cc([N+](=O)[O-])cc(S(=O)(=O)O)c2c1. The predicted octanol–water partition coefficient (Wildman–Crippen LogP) is 7.98. The molecule has 0 saturated heterocycles. The summed E-state index contributed by atoms with van der Waals surface area (Å²) in [6, 6.07) is 29.3. The highest BCUT2D eigenvalue weighted by molar-refractivity contribution is 8.03. The van der Waals surface area contributed by atoms with Gasteiger partial charge in [-0.3, -0.25) is 33.3 Å². The van der Waals surface area contributed by atoms with Gasteiger partial charge in [-0.1, -0.05) is 48.2 Å². The van der Waals surface area contributed by atoms with Crippen LogP contribution < -0.4 is 22.1 Å². The number of nitrogens with two attached hydrogens (primary N) is 2. The maximum atomic E-state index is 11.5. The normalized spacial score (nSPS) is 12.4. The predicted molar refractivity (Wildman–Crippen MR) is 269 cm³/mol. The molecule has 0 amide bonds. The highest BCUT2D eigenvalue weighted by Gasteiger charge is 2.25. The van der Waals surface area contributed by atoms with Crippen molar-refractivity contribution in [3.8, 4) is 6.07 Å². The second-order valence-electron chi connectivity index (χ2n) is 14.7. The van der Waals surface area contributed by atoms with E-state index in [2.05, 4.69) is 43.6 Å². The van der Waals surface area contributed by atoms with Gasteiger partial charge < -0.3 is 22.1 Å². The number of non-ortho nitro benzene ring substituents is 1. The second kappa shape index (κ2) is 21.2. The van der Waals surface area contributed by atoms with Gasteiger partial charge in [0.25, 0.3) is 46.2 Å². The number of anilines is 5. The molecule has 0 fully saturated rings. The number of fused-ring (bicyclic) bond motifs is 2. The maximum absolute atomic E-state index is 11.5. The molecule has 7 rings (SSSR count). The van der Waals surface area contributed by atoms with Crippen molar-refractivity contribution < 1.29 is 56.8 Å².